The minimum atomic E-state index is -4.58. The van der Waals surface area contributed by atoms with Gasteiger partial charge in [0.15, 0.2) is 6.61 Å². The van der Waals surface area contributed by atoms with Crippen LogP contribution in [-0.2, 0) is 21.0 Å². The maximum absolute atomic E-state index is 12.8. The molecule has 0 spiro atoms. The highest BCUT2D eigenvalue weighted by Gasteiger charge is 2.30. The average molecular weight is 442 g/mol. The molecular formula is C20H21F3N2O4S. The lowest BCUT2D eigenvalue weighted by Gasteiger charge is -2.26. The van der Waals surface area contributed by atoms with Gasteiger partial charge in [-0.15, -0.1) is 0 Å². The van der Waals surface area contributed by atoms with Crippen molar-refractivity contribution in [2.45, 2.75) is 30.3 Å². The number of nitrogens with zero attached hydrogens (tertiary/aromatic N) is 1. The van der Waals surface area contributed by atoms with Gasteiger partial charge < -0.3 is 9.64 Å². The zero-order valence-corrected chi connectivity index (χ0v) is 16.8. The number of amides is 1. The van der Waals surface area contributed by atoms with Crippen LogP contribution >= 0.6 is 0 Å². The number of halogens is 3. The zero-order chi connectivity index (χ0) is 21.8. The number of anilines is 1. The van der Waals surface area contributed by atoms with Crippen LogP contribution in [0.4, 0.5) is 18.9 Å². The van der Waals surface area contributed by atoms with Crippen molar-refractivity contribution in [3.63, 3.8) is 0 Å². The van der Waals surface area contributed by atoms with Crippen molar-refractivity contribution in [1.82, 2.24) is 4.90 Å². The Kier molecular flexibility index (Phi) is 6.55. The van der Waals surface area contributed by atoms with Gasteiger partial charge in [-0.1, -0.05) is 6.07 Å². The molecule has 0 aromatic heterocycles. The van der Waals surface area contributed by atoms with Crippen molar-refractivity contribution in [2.24, 2.45) is 0 Å². The van der Waals surface area contributed by atoms with Gasteiger partial charge in [-0.2, -0.15) is 13.2 Å². The number of hydrogen-bond acceptors (Lipinski definition) is 4. The molecule has 0 atom stereocenters. The summed E-state index contributed by atoms with van der Waals surface area (Å²) in [7, 11) is -4.09. The molecular weight excluding hydrogens is 421 g/mol. The maximum Gasteiger partial charge on any atom is 0.416 e. The Labute approximate surface area is 172 Å². The van der Waals surface area contributed by atoms with E-state index >= 15 is 0 Å². The summed E-state index contributed by atoms with van der Waals surface area (Å²) in [6, 6.07) is 9.24. The molecule has 3 rings (SSSR count). The number of nitrogens with one attached hydrogen (secondary N) is 1. The fraction of sp³-hybridized carbons (Fsp3) is 0.350. The summed E-state index contributed by atoms with van der Waals surface area (Å²) in [4.78, 5) is 13.7. The van der Waals surface area contributed by atoms with Gasteiger partial charge in [0.05, 0.1) is 10.5 Å². The number of carbonyl (C=O) groups excluding carboxylic acids is 1. The first-order valence-electron chi connectivity index (χ1n) is 9.36. The van der Waals surface area contributed by atoms with Crippen molar-refractivity contribution in [2.75, 3.05) is 24.4 Å². The number of alkyl halides is 3. The summed E-state index contributed by atoms with van der Waals surface area (Å²) >= 11 is 0. The Bertz CT molecular complexity index is 986. The Morgan fingerprint density at radius 1 is 1.03 bits per heavy atom. The smallest absolute Gasteiger partial charge is 0.416 e. The molecule has 1 aliphatic rings. The van der Waals surface area contributed by atoms with E-state index in [1.165, 1.54) is 30.3 Å². The van der Waals surface area contributed by atoms with Crippen LogP contribution in [0.5, 0.6) is 5.75 Å². The monoisotopic (exact) mass is 442 g/mol. The molecule has 10 heteroatoms. The van der Waals surface area contributed by atoms with E-state index in [0.29, 0.717) is 18.8 Å². The molecule has 162 valence electrons. The zero-order valence-electron chi connectivity index (χ0n) is 16.0. The molecule has 1 saturated heterocycles. The Hall–Kier alpha value is -2.75. The number of hydrogen-bond donors (Lipinski definition) is 1. The van der Waals surface area contributed by atoms with Gasteiger partial charge in [0, 0.05) is 18.8 Å². The van der Waals surface area contributed by atoms with E-state index < -0.39 is 21.8 Å². The summed E-state index contributed by atoms with van der Waals surface area (Å²) in [5.41, 5.74) is -1.15. The molecule has 0 radical (unpaired) electrons. The molecule has 0 aliphatic carbocycles. The van der Waals surface area contributed by atoms with Crippen molar-refractivity contribution < 1.29 is 31.1 Å². The molecule has 0 saturated carbocycles. The van der Waals surface area contributed by atoms with Crippen LogP contribution in [0.15, 0.2) is 53.4 Å². The Morgan fingerprint density at radius 3 is 2.33 bits per heavy atom. The van der Waals surface area contributed by atoms with Crippen molar-refractivity contribution in [3.05, 3.63) is 54.1 Å². The molecule has 0 bridgehead atoms. The second kappa shape index (κ2) is 8.95. The molecule has 0 unspecified atom stereocenters. The van der Waals surface area contributed by atoms with Crippen molar-refractivity contribution in [1.29, 1.82) is 0 Å². The number of piperidine rings is 1. The van der Waals surface area contributed by atoms with Gasteiger partial charge in [-0.3, -0.25) is 9.52 Å². The van der Waals surface area contributed by atoms with Crippen LogP contribution in [0.1, 0.15) is 24.8 Å². The second-order valence-electron chi connectivity index (χ2n) is 6.89. The summed E-state index contributed by atoms with van der Waals surface area (Å²) in [6.07, 6.45) is -1.53. The number of benzene rings is 2. The van der Waals surface area contributed by atoms with Crippen LogP contribution in [0.2, 0.25) is 0 Å². The van der Waals surface area contributed by atoms with E-state index in [1.54, 1.807) is 4.90 Å². The fourth-order valence-corrected chi connectivity index (χ4v) is 4.12. The van der Waals surface area contributed by atoms with E-state index in [4.69, 9.17) is 4.74 Å². The summed E-state index contributed by atoms with van der Waals surface area (Å²) < 4.78 is 70.9. The Balaban J connectivity index is 1.62. The lowest BCUT2D eigenvalue weighted by atomic mass is 10.1. The molecule has 1 aliphatic heterocycles. The van der Waals surface area contributed by atoms with Gasteiger partial charge in [0.1, 0.15) is 5.75 Å². The first-order valence-corrected chi connectivity index (χ1v) is 10.8. The van der Waals surface area contributed by atoms with Crippen molar-refractivity contribution >= 4 is 21.6 Å². The summed E-state index contributed by atoms with van der Waals surface area (Å²) in [5, 5.41) is 0. The number of ether oxygens (including phenoxy) is 1. The van der Waals surface area contributed by atoms with Crippen LogP contribution in [-0.4, -0.2) is 38.9 Å². The number of carbonyl (C=O) groups is 1. The summed E-state index contributed by atoms with van der Waals surface area (Å²) in [6.45, 7) is 1.27. The number of sulfonamides is 1. The average Bonchev–Trinajstić information content (AvgIpc) is 2.72. The SMILES string of the molecule is O=C(COc1ccc(S(=O)(=O)Nc2cccc(C(F)(F)F)c2)cc1)N1CCCCC1. The van der Waals surface area contributed by atoms with Crippen LogP contribution < -0.4 is 9.46 Å². The molecule has 1 N–H and O–H groups in total. The molecule has 30 heavy (non-hydrogen) atoms. The minimum absolute atomic E-state index is 0.127. The highest BCUT2D eigenvalue weighted by atomic mass is 32.2. The van der Waals surface area contributed by atoms with E-state index in [1.807, 2.05) is 0 Å². The van der Waals surface area contributed by atoms with Crippen LogP contribution in [0.3, 0.4) is 0 Å². The third-order valence-electron chi connectivity index (χ3n) is 4.65. The molecule has 6 nitrogen and oxygen atoms in total. The summed E-state index contributed by atoms with van der Waals surface area (Å²) in [5.74, 6) is 0.191. The molecule has 1 heterocycles. The van der Waals surface area contributed by atoms with E-state index in [9.17, 15) is 26.4 Å². The fourth-order valence-electron chi connectivity index (χ4n) is 3.07. The molecule has 1 amide bonds. The lowest BCUT2D eigenvalue weighted by molar-refractivity contribution is -0.137. The number of rotatable bonds is 6. The Morgan fingerprint density at radius 2 is 1.70 bits per heavy atom. The first-order chi connectivity index (χ1) is 14.1. The molecule has 2 aromatic rings. The van der Waals surface area contributed by atoms with Gasteiger partial charge in [-0.25, -0.2) is 8.42 Å². The quantitative estimate of drug-likeness (QED) is 0.736. The van der Waals surface area contributed by atoms with Crippen LogP contribution in [0, 0.1) is 0 Å². The van der Waals surface area contributed by atoms with Crippen LogP contribution in [0.25, 0.3) is 0 Å². The standard InChI is InChI=1S/C20H21F3N2O4S/c21-20(22,23)15-5-4-6-16(13-15)24-30(27,28)18-9-7-17(8-10-18)29-14-19(26)25-11-2-1-3-12-25/h4-10,13,24H,1-3,11-12,14H2. The maximum atomic E-state index is 12.8. The van der Waals surface area contributed by atoms with E-state index in [-0.39, 0.29) is 23.1 Å². The first kappa shape index (κ1) is 21.9. The number of likely N-dealkylation sites (tertiary alicyclic amines) is 1. The topological polar surface area (TPSA) is 75.7 Å². The van der Waals surface area contributed by atoms with E-state index in [2.05, 4.69) is 4.72 Å². The van der Waals surface area contributed by atoms with E-state index in [0.717, 1.165) is 37.5 Å². The highest BCUT2D eigenvalue weighted by Crippen LogP contribution is 2.31. The normalized spacial score (nSPS) is 15.0. The second-order valence-corrected chi connectivity index (χ2v) is 8.57. The predicted octanol–water partition coefficient (Wildman–Crippen LogP) is 3.90. The largest absolute Gasteiger partial charge is 0.484 e. The van der Waals surface area contributed by atoms with Gasteiger partial charge >= 0.3 is 6.18 Å². The van der Waals surface area contributed by atoms with Gasteiger partial charge in [0.25, 0.3) is 15.9 Å². The third-order valence-corrected chi connectivity index (χ3v) is 6.04. The van der Waals surface area contributed by atoms with Gasteiger partial charge in [-0.05, 0) is 61.7 Å². The molecule has 2 aromatic carbocycles. The minimum Gasteiger partial charge on any atom is -0.484 e. The highest BCUT2D eigenvalue weighted by molar-refractivity contribution is 7.92. The van der Waals surface area contributed by atoms with Crippen molar-refractivity contribution in [3.8, 4) is 5.75 Å². The lowest BCUT2D eigenvalue weighted by Crippen LogP contribution is -2.38. The third kappa shape index (κ3) is 5.65. The van der Waals surface area contributed by atoms with Gasteiger partial charge in [0.2, 0.25) is 0 Å². The predicted molar refractivity (Wildman–Crippen MR) is 105 cm³/mol. The molecule has 1 fully saturated rings.